The van der Waals surface area contributed by atoms with E-state index >= 15 is 0 Å². The topological polar surface area (TPSA) is 38.7 Å². The van der Waals surface area contributed by atoms with Crippen molar-refractivity contribution in [3.63, 3.8) is 0 Å². The molecule has 3 atom stereocenters. The Balaban J connectivity index is 1.96. The molecule has 0 amide bonds. The van der Waals surface area contributed by atoms with Gasteiger partial charge in [0.1, 0.15) is 12.4 Å². The summed E-state index contributed by atoms with van der Waals surface area (Å²) in [5.74, 6) is 0.773. The lowest BCUT2D eigenvalue weighted by atomic mass is 10.1. The lowest BCUT2D eigenvalue weighted by molar-refractivity contribution is 0.0255. The van der Waals surface area contributed by atoms with E-state index in [1.165, 1.54) is 0 Å². The lowest BCUT2D eigenvalue weighted by Gasteiger charge is -2.17. The lowest BCUT2D eigenvalue weighted by Crippen LogP contribution is -2.18. The Labute approximate surface area is 109 Å². The van der Waals surface area contributed by atoms with E-state index in [2.05, 4.69) is 6.92 Å². The molecule has 3 heteroatoms. The van der Waals surface area contributed by atoms with Gasteiger partial charge in [-0.25, -0.2) is 0 Å². The second kappa shape index (κ2) is 6.21. The average Bonchev–Trinajstić information content (AvgIpc) is 2.81. The molecule has 18 heavy (non-hydrogen) atoms. The molecule has 3 unspecified atom stereocenters. The van der Waals surface area contributed by atoms with Gasteiger partial charge in [0, 0.05) is 5.56 Å². The van der Waals surface area contributed by atoms with E-state index in [1.54, 1.807) is 0 Å². The molecule has 1 heterocycles. The summed E-state index contributed by atoms with van der Waals surface area (Å²) < 4.78 is 11.5. The van der Waals surface area contributed by atoms with Gasteiger partial charge in [-0.05, 0) is 32.3 Å². The van der Waals surface area contributed by atoms with Crippen molar-refractivity contribution in [3.8, 4) is 5.75 Å². The molecule has 100 valence electrons. The zero-order valence-electron chi connectivity index (χ0n) is 11.1. The molecule has 3 nitrogen and oxygen atoms in total. The van der Waals surface area contributed by atoms with Gasteiger partial charge in [0.25, 0.3) is 0 Å². The van der Waals surface area contributed by atoms with Crippen LogP contribution < -0.4 is 4.74 Å². The second-order valence-electron chi connectivity index (χ2n) is 4.92. The molecule has 1 aromatic carbocycles. The number of aliphatic hydroxyl groups excluding tert-OH is 1. The molecule has 1 aliphatic rings. The van der Waals surface area contributed by atoms with Crippen LogP contribution in [0.3, 0.4) is 0 Å². The molecule has 1 aliphatic heterocycles. The number of benzene rings is 1. The van der Waals surface area contributed by atoms with Crippen LogP contribution in [0, 0.1) is 0 Å². The van der Waals surface area contributed by atoms with Crippen LogP contribution in [-0.4, -0.2) is 23.9 Å². The minimum absolute atomic E-state index is 0.187. The van der Waals surface area contributed by atoms with Crippen molar-refractivity contribution < 1.29 is 14.6 Å². The van der Waals surface area contributed by atoms with E-state index in [-0.39, 0.29) is 6.10 Å². The molecule has 2 rings (SSSR count). The predicted molar refractivity (Wildman–Crippen MR) is 70.8 cm³/mol. The quantitative estimate of drug-likeness (QED) is 0.872. The summed E-state index contributed by atoms with van der Waals surface area (Å²) in [4.78, 5) is 0. The van der Waals surface area contributed by atoms with Crippen LogP contribution in [0.15, 0.2) is 24.3 Å². The Morgan fingerprint density at radius 2 is 2.17 bits per heavy atom. The number of hydrogen-bond donors (Lipinski definition) is 1. The van der Waals surface area contributed by atoms with Crippen LogP contribution >= 0.6 is 0 Å². The maximum atomic E-state index is 9.93. The molecule has 0 aromatic heterocycles. The van der Waals surface area contributed by atoms with Crippen molar-refractivity contribution in [2.24, 2.45) is 0 Å². The number of aliphatic hydroxyl groups is 1. The van der Waals surface area contributed by atoms with Crippen molar-refractivity contribution in [1.82, 2.24) is 0 Å². The first-order valence-corrected chi connectivity index (χ1v) is 6.76. The highest BCUT2D eigenvalue weighted by Crippen LogP contribution is 2.28. The number of rotatable bonds is 5. The summed E-state index contributed by atoms with van der Waals surface area (Å²) in [6.45, 7) is 4.62. The van der Waals surface area contributed by atoms with Gasteiger partial charge in [-0.1, -0.05) is 25.1 Å². The summed E-state index contributed by atoms with van der Waals surface area (Å²) >= 11 is 0. The van der Waals surface area contributed by atoms with E-state index in [1.807, 2.05) is 31.2 Å². The Morgan fingerprint density at radius 1 is 1.39 bits per heavy atom. The highest BCUT2D eigenvalue weighted by molar-refractivity contribution is 5.35. The number of ether oxygens (including phenoxy) is 2. The fraction of sp³-hybridized carbons (Fsp3) is 0.600. The Hall–Kier alpha value is -1.06. The number of para-hydroxylation sites is 1. The SMILES string of the molecule is CCC(O)c1ccccc1OCC1CCC(C)O1. The summed E-state index contributed by atoms with van der Waals surface area (Å²) in [6, 6.07) is 7.68. The van der Waals surface area contributed by atoms with E-state index < -0.39 is 6.10 Å². The molecule has 0 bridgehead atoms. The molecule has 1 saturated heterocycles. The third-order valence-corrected chi connectivity index (χ3v) is 3.41. The molecule has 0 saturated carbocycles. The van der Waals surface area contributed by atoms with Crippen LogP contribution in [0.5, 0.6) is 5.75 Å². The van der Waals surface area contributed by atoms with Crippen LogP contribution in [0.25, 0.3) is 0 Å². The normalized spacial score (nSPS) is 25.1. The summed E-state index contributed by atoms with van der Waals surface area (Å²) in [5.41, 5.74) is 0.867. The zero-order valence-corrected chi connectivity index (χ0v) is 11.1. The van der Waals surface area contributed by atoms with Crippen molar-refractivity contribution in [2.45, 2.75) is 51.4 Å². The summed E-state index contributed by atoms with van der Waals surface area (Å²) in [5, 5.41) is 9.93. The maximum Gasteiger partial charge on any atom is 0.125 e. The molecule has 1 fully saturated rings. The monoisotopic (exact) mass is 250 g/mol. The highest BCUT2D eigenvalue weighted by atomic mass is 16.5. The van der Waals surface area contributed by atoms with Gasteiger partial charge in [0.05, 0.1) is 18.3 Å². The first-order valence-electron chi connectivity index (χ1n) is 6.76. The molecule has 1 aromatic rings. The smallest absolute Gasteiger partial charge is 0.125 e. The summed E-state index contributed by atoms with van der Waals surface area (Å²) in [6.07, 6.45) is 2.93. The predicted octanol–water partition coefficient (Wildman–Crippen LogP) is 3.08. The van der Waals surface area contributed by atoms with Crippen molar-refractivity contribution >= 4 is 0 Å². The number of hydrogen-bond acceptors (Lipinski definition) is 3. The fourth-order valence-electron chi connectivity index (χ4n) is 2.30. The Morgan fingerprint density at radius 3 is 2.83 bits per heavy atom. The van der Waals surface area contributed by atoms with Gasteiger partial charge in [-0.15, -0.1) is 0 Å². The molecular formula is C15H22O3. The molecule has 0 radical (unpaired) electrons. The van der Waals surface area contributed by atoms with Gasteiger partial charge in [-0.3, -0.25) is 0 Å². The largest absolute Gasteiger partial charge is 0.490 e. The van der Waals surface area contributed by atoms with Gasteiger partial charge in [-0.2, -0.15) is 0 Å². The van der Waals surface area contributed by atoms with E-state index in [4.69, 9.17) is 9.47 Å². The van der Waals surface area contributed by atoms with E-state index in [0.29, 0.717) is 19.1 Å². The van der Waals surface area contributed by atoms with Crippen molar-refractivity contribution in [3.05, 3.63) is 29.8 Å². The molecule has 0 spiro atoms. The third-order valence-electron chi connectivity index (χ3n) is 3.41. The zero-order chi connectivity index (χ0) is 13.0. The Kier molecular flexibility index (Phi) is 4.61. The first-order chi connectivity index (χ1) is 8.70. The average molecular weight is 250 g/mol. The highest BCUT2D eigenvalue weighted by Gasteiger charge is 2.22. The van der Waals surface area contributed by atoms with Crippen molar-refractivity contribution in [2.75, 3.05) is 6.61 Å². The second-order valence-corrected chi connectivity index (χ2v) is 4.92. The van der Waals surface area contributed by atoms with Gasteiger partial charge >= 0.3 is 0 Å². The molecule has 0 aliphatic carbocycles. The van der Waals surface area contributed by atoms with Crippen LogP contribution in [0.2, 0.25) is 0 Å². The maximum absolute atomic E-state index is 9.93. The first kappa shape index (κ1) is 13.4. The summed E-state index contributed by atoms with van der Waals surface area (Å²) in [7, 11) is 0. The van der Waals surface area contributed by atoms with Crippen LogP contribution in [0.4, 0.5) is 0 Å². The van der Waals surface area contributed by atoms with Crippen molar-refractivity contribution in [1.29, 1.82) is 0 Å². The van der Waals surface area contributed by atoms with Crippen LogP contribution in [-0.2, 0) is 4.74 Å². The van der Waals surface area contributed by atoms with Crippen LogP contribution in [0.1, 0.15) is 44.8 Å². The standard InChI is InChI=1S/C15H22O3/c1-3-14(16)13-6-4-5-7-15(13)17-10-12-9-8-11(2)18-12/h4-7,11-12,14,16H,3,8-10H2,1-2H3. The third kappa shape index (κ3) is 3.24. The van der Waals surface area contributed by atoms with Gasteiger partial charge < -0.3 is 14.6 Å². The minimum Gasteiger partial charge on any atom is -0.490 e. The minimum atomic E-state index is -0.454. The van der Waals surface area contributed by atoms with Gasteiger partial charge in [0.2, 0.25) is 0 Å². The molecular weight excluding hydrogens is 228 g/mol. The van der Waals surface area contributed by atoms with E-state index in [0.717, 1.165) is 24.2 Å². The fourth-order valence-corrected chi connectivity index (χ4v) is 2.30. The van der Waals surface area contributed by atoms with Gasteiger partial charge in [0.15, 0.2) is 0 Å². The molecule has 1 N–H and O–H groups in total. The van der Waals surface area contributed by atoms with E-state index in [9.17, 15) is 5.11 Å². The Bertz CT molecular complexity index is 378.